The third-order valence-electron chi connectivity index (χ3n) is 3.31. The second kappa shape index (κ2) is 7.06. The van der Waals surface area contributed by atoms with E-state index in [-0.39, 0.29) is 12.1 Å². The largest absolute Gasteiger partial charge is 0.393 e. The summed E-state index contributed by atoms with van der Waals surface area (Å²) < 4.78 is 5.40. The lowest BCUT2D eigenvalue weighted by molar-refractivity contribution is -0.00436. The molecule has 1 aromatic rings. The lowest BCUT2D eigenvalue weighted by Crippen LogP contribution is -2.53. The first-order valence-electron chi connectivity index (χ1n) is 6.92. The van der Waals surface area contributed by atoms with Crippen molar-refractivity contribution < 1.29 is 14.6 Å². The van der Waals surface area contributed by atoms with Gasteiger partial charge in [0.15, 0.2) is 0 Å². The van der Waals surface area contributed by atoms with Crippen LogP contribution in [0.4, 0.5) is 4.79 Å². The van der Waals surface area contributed by atoms with Crippen LogP contribution in [0, 0.1) is 6.92 Å². The molecule has 2 rings (SSSR count). The maximum atomic E-state index is 12.3. The number of ether oxygens (including phenoxy) is 1. The number of nitrogens with zero attached hydrogens (tertiary/aromatic N) is 1. The lowest BCUT2D eigenvalue weighted by atomic mass is 10.1. The molecule has 0 spiro atoms. The predicted molar refractivity (Wildman–Crippen MR) is 78.9 cm³/mol. The van der Waals surface area contributed by atoms with Crippen LogP contribution in [-0.2, 0) is 11.3 Å². The molecular weight excluding hydrogens is 276 g/mol. The smallest absolute Gasteiger partial charge is 0.318 e. The van der Waals surface area contributed by atoms with E-state index in [1.807, 2.05) is 6.07 Å². The van der Waals surface area contributed by atoms with Crippen molar-refractivity contribution in [2.24, 2.45) is 0 Å². The highest BCUT2D eigenvalue weighted by Gasteiger charge is 2.28. The number of thiophene rings is 1. The van der Waals surface area contributed by atoms with Crippen LogP contribution in [0.25, 0.3) is 0 Å². The summed E-state index contributed by atoms with van der Waals surface area (Å²) in [6.07, 6.45) is 0.114. The second-order valence-electron chi connectivity index (χ2n) is 5.18. The molecule has 0 unspecified atom stereocenters. The van der Waals surface area contributed by atoms with Crippen LogP contribution in [0.5, 0.6) is 0 Å². The molecule has 1 aliphatic heterocycles. The van der Waals surface area contributed by atoms with Gasteiger partial charge in [-0.15, -0.1) is 11.3 Å². The molecule has 0 aliphatic carbocycles. The zero-order chi connectivity index (χ0) is 14.5. The summed E-state index contributed by atoms with van der Waals surface area (Å²) in [5.41, 5.74) is 0. The molecule has 5 nitrogen and oxygen atoms in total. The van der Waals surface area contributed by atoms with Gasteiger partial charge in [-0.2, -0.15) is 0 Å². The van der Waals surface area contributed by atoms with Gasteiger partial charge >= 0.3 is 6.03 Å². The van der Waals surface area contributed by atoms with Crippen LogP contribution >= 0.6 is 11.3 Å². The van der Waals surface area contributed by atoms with Crippen LogP contribution in [0.2, 0.25) is 0 Å². The van der Waals surface area contributed by atoms with Gasteiger partial charge in [-0.3, -0.25) is 0 Å². The number of carbonyl (C=O) groups excluding carboxylic acids is 1. The third-order valence-corrected chi connectivity index (χ3v) is 4.31. The average molecular weight is 298 g/mol. The van der Waals surface area contributed by atoms with Gasteiger partial charge in [0.1, 0.15) is 0 Å². The number of amides is 2. The van der Waals surface area contributed by atoms with Gasteiger partial charge in [0.05, 0.1) is 31.9 Å². The molecule has 0 radical (unpaired) electrons. The maximum absolute atomic E-state index is 12.3. The summed E-state index contributed by atoms with van der Waals surface area (Å²) in [4.78, 5) is 16.4. The van der Waals surface area contributed by atoms with Crippen molar-refractivity contribution >= 4 is 17.4 Å². The Labute approximate surface area is 123 Å². The standard InChI is InChI=1S/C14H22N2O3S/c1-10(17)7-12-9-19-6-5-16(12)14(18)15-8-13-4-3-11(2)20-13/h3-4,10,12,17H,5-9H2,1-2H3,(H,15,18)/t10-,12+/m1/s1. The second-order valence-corrected chi connectivity index (χ2v) is 6.55. The quantitative estimate of drug-likeness (QED) is 0.890. The average Bonchev–Trinajstić information content (AvgIpc) is 2.82. The number of morpholine rings is 1. The molecule has 1 aliphatic rings. The monoisotopic (exact) mass is 298 g/mol. The number of hydrogen-bond acceptors (Lipinski definition) is 4. The van der Waals surface area contributed by atoms with Gasteiger partial charge in [0.25, 0.3) is 0 Å². The minimum absolute atomic E-state index is 0.0474. The van der Waals surface area contributed by atoms with Crippen molar-refractivity contribution in [3.05, 3.63) is 21.9 Å². The Bertz CT molecular complexity index is 447. The number of aliphatic hydroxyl groups excluding tert-OH is 1. The van der Waals surface area contributed by atoms with Crippen molar-refractivity contribution in [2.45, 2.75) is 39.0 Å². The van der Waals surface area contributed by atoms with Gasteiger partial charge in [-0.25, -0.2) is 4.79 Å². The van der Waals surface area contributed by atoms with Crippen LogP contribution in [0.1, 0.15) is 23.1 Å². The normalized spacial score (nSPS) is 20.8. The Morgan fingerprint density at radius 3 is 3.10 bits per heavy atom. The number of aryl methyl sites for hydroxylation is 1. The molecule has 20 heavy (non-hydrogen) atoms. The highest BCUT2D eigenvalue weighted by molar-refractivity contribution is 7.11. The van der Waals surface area contributed by atoms with E-state index in [1.165, 1.54) is 4.88 Å². The molecule has 2 N–H and O–H groups in total. The number of carbonyl (C=O) groups is 1. The van der Waals surface area contributed by atoms with E-state index >= 15 is 0 Å². The minimum atomic E-state index is -0.433. The summed E-state index contributed by atoms with van der Waals surface area (Å²) in [5, 5.41) is 12.4. The molecule has 2 atom stereocenters. The van der Waals surface area contributed by atoms with Crippen LogP contribution in [0.3, 0.4) is 0 Å². The summed E-state index contributed by atoms with van der Waals surface area (Å²) in [6.45, 7) is 5.97. The van der Waals surface area contributed by atoms with Gasteiger partial charge in [-0.1, -0.05) is 0 Å². The summed E-state index contributed by atoms with van der Waals surface area (Å²) in [6, 6.07) is 3.96. The van der Waals surface area contributed by atoms with Crippen molar-refractivity contribution in [1.82, 2.24) is 10.2 Å². The third kappa shape index (κ3) is 4.19. The maximum Gasteiger partial charge on any atom is 0.318 e. The van der Waals surface area contributed by atoms with Crippen LogP contribution in [0.15, 0.2) is 12.1 Å². The molecule has 0 saturated carbocycles. The number of hydrogen-bond donors (Lipinski definition) is 2. The zero-order valence-corrected chi connectivity index (χ0v) is 12.8. The molecule has 2 heterocycles. The number of nitrogens with one attached hydrogen (secondary N) is 1. The Hall–Kier alpha value is -1.11. The van der Waals surface area contributed by atoms with Gasteiger partial charge in [-0.05, 0) is 32.4 Å². The van der Waals surface area contributed by atoms with E-state index in [0.717, 1.165) is 4.88 Å². The fourth-order valence-corrected chi connectivity index (χ4v) is 3.19. The summed E-state index contributed by atoms with van der Waals surface area (Å²) in [5.74, 6) is 0. The van der Waals surface area contributed by atoms with E-state index in [0.29, 0.717) is 32.7 Å². The van der Waals surface area contributed by atoms with Crippen LogP contribution in [-0.4, -0.2) is 47.9 Å². The van der Waals surface area contributed by atoms with Crippen LogP contribution < -0.4 is 5.32 Å². The minimum Gasteiger partial charge on any atom is -0.393 e. The molecule has 2 amide bonds. The fraction of sp³-hybridized carbons (Fsp3) is 0.643. The van der Waals surface area contributed by atoms with E-state index in [4.69, 9.17) is 4.74 Å². The van der Waals surface area contributed by atoms with E-state index in [2.05, 4.69) is 18.3 Å². The molecule has 6 heteroatoms. The number of rotatable bonds is 4. The first-order chi connectivity index (χ1) is 9.56. The van der Waals surface area contributed by atoms with Crippen molar-refractivity contribution in [1.29, 1.82) is 0 Å². The highest BCUT2D eigenvalue weighted by Crippen LogP contribution is 2.16. The lowest BCUT2D eigenvalue weighted by Gasteiger charge is -2.36. The molecule has 1 fully saturated rings. The predicted octanol–water partition coefficient (Wildman–Crippen LogP) is 1.74. The Morgan fingerprint density at radius 1 is 1.65 bits per heavy atom. The van der Waals surface area contributed by atoms with Gasteiger partial charge in [0, 0.05) is 16.3 Å². The Kier molecular flexibility index (Phi) is 5.39. The number of urea groups is 1. The van der Waals surface area contributed by atoms with Crippen molar-refractivity contribution in [3.63, 3.8) is 0 Å². The molecule has 1 saturated heterocycles. The molecule has 112 valence electrons. The SMILES string of the molecule is Cc1ccc(CNC(=O)N2CCOC[C@@H]2C[C@@H](C)O)s1. The molecule has 1 aromatic heterocycles. The van der Waals surface area contributed by atoms with E-state index in [1.54, 1.807) is 23.2 Å². The van der Waals surface area contributed by atoms with E-state index in [9.17, 15) is 9.90 Å². The fourth-order valence-electron chi connectivity index (χ4n) is 2.36. The Balaban J connectivity index is 1.88. The molecular formula is C14H22N2O3S. The van der Waals surface area contributed by atoms with Gasteiger partial charge < -0.3 is 20.1 Å². The van der Waals surface area contributed by atoms with Crippen molar-refractivity contribution in [3.8, 4) is 0 Å². The highest BCUT2D eigenvalue weighted by atomic mass is 32.1. The first-order valence-corrected chi connectivity index (χ1v) is 7.73. The zero-order valence-electron chi connectivity index (χ0n) is 12.0. The number of aliphatic hydroxyl groups is 1. The summed E-state index contributed by atoms with van der Waals surface area (Å²) in [7, 11) is 0. The Morgan fingerprint density at radius 2 is 2.45 bits per heavy atom. The topological polar surface area (TPSA) is 61.8 Å². The summed E-state index contributed by atoms with van der Waals surface area (Å²) >= 11 is 1.69. The first kappa shape index (κ1) is 15.3. The molecule has 0 aromatic carbocycles. The van der Waals surface area contributed by atoms with E-state index < -0.39 is 6.10 Å². The molecule has 0 bridgehead atoms. The van der Waals surface area contributed by atoms with Crippen molar-refractivity contribution in [2.75, 3.05) is 19.8 Å². The van der Waals surface area contributed by atoms with Gasteiger partial charge in [0.2, 0.25) is 0 Å².